The van der Waals surface area contributed by atoms with Gasteiger partial charge in [-0.3, -0.25) is 9.59 Å². The fourth-order valence-corrected chi connectivity index (χ4v) is 5.76. The lowest BCUT2D eigenvalue weighted by Gasteiger charge is -2.31. The van der Waals surface area contributed by atoms with Crippen molar-refractivity contribution in [3.63, 3.8) is 0 Å². The Labute approximate surface area is 232 Å². The molecule has 0 saturated carbocycles. The van der Waals surface area contributed by atoms with Gasteiger partial charge in [-0.15, -0.1) is 0 Å². The SMILES string of the molecule is CN1CCC(CC(=O)N2CCOc3ccc(N4CCOCC4)cc3Cc3cccc(c3)C(=O)N(C)CC2)CC1. The predicted octanol–water partition coefficient (Wildman–Crippen LogP) is 3.14. The van der Waals surface area contributed by atoms with Gasteiger partial charge in [-0.1, -0.05) is 12.1 Å². The van der Waals surface area contributed by atoms with E-state index in [9.17, 15) is 9.59 Å². The lowest BCUT2D eigenvalue weighted by atomic mass is 9.93. The van der Waals surface area contributed by atoms with Gasteiger partial charge in [0.05, 0.1) is 19.8 Å². The van der Waals surface area contributed by atoms with Crippen LogP contribution in [0, 0.1) is 5.92 Å². The number of morpholine rings is 1. The van der Waals surface area contributed by atoms with Gasteiger partial charge in [-0.05, 0) is 74.8 Å². The molecule has 2 aromatic rings. The van der Waals surface area contributed by atoms with Gasteiger partial charge in [0.1, 0.15) is 12.4 Å². The third-order valence-corrected chi connectivity index (χ3v) is 8.31. The first-order valence-corrected chi connectivity index (χ1v) is 14.4. The van der Waals surface area contributed by atoms with Gasteiger partial charge in [0, 0.05) is 62.9 Å². The Morgan fingerprint density at radius 3 is 2.49 bits per heavy atom. The molecular weight excluding hydrogens is 492 g/mol. The van der Waals surface area contributed by atoms with Crippen LogP contribution in [0.1, 0.15) is 40.7 Å². The molecule has 0 N–H and O–H groups in total. The van der Waals surface area contributed by atoms with Gasteiger partial charge >= 0.3 is 0 Å². The zero-order chi connectivity index (χ0) is 27.2. The highest BCUT2D eigenvalue weighted by molar-refractivity contribution is 5.94. The van der Waals surface area contributed by atoms with Gasteiger partial charge in [0.25, 0.3) is 5.91 Å². The lowest BCUT2D eigenvalue weighted by Crippen LogP contribution is -2.42. The molecule has 0 radical (unpaired) electrons. The number of carbonyl (C=O) groups excluding carboxylic acids is 2. The Bertz CT molecular complexity index is 1140. The number of piperidine rings is 1. The molecule has 2 aromatic carbocycles. The van der Waals surface area contributed by atoms with Gasteiger partial charge < -0.3 is 29.1 Å². The number of hydrogen-bond acceptors (Lipinski definition) is 6. The van der Waals surface area contributed by atoms with Gasteiger partial charge in [0.2, 0.25) is 5.91 Å². The van der Waals surface area contributed by atoms with Crippen molar-refractivity contribution in [2.24, 2.45) is 5.92 Å². The molecule has 3 aliphatic heterocycles. The van der Waals surface area contributed by atoms with E-state index in [1.54, 1.807) is 4.90 Å². The summed E-state index contributed by atoms with van der Waals surface area (Å²) in [5.74, 6) is 1.39. The minimum absolute atomic E-state index is 0.0184. The molecule has 2 amide bonds. The van der Waals surface area contributed by atoms with Crippen LogP contribution in [-0.4, -0.2) is 106 Å². The largest absolute Gasteiger partial charge is 0.491 e. The lowest BCUT2D eigenvalue weighted by molar-refractivity contribution is -0.133. The maximum Gasteiger partial charge on any atom is 0.253 e. The minimum atomic E-state index is -0.0184. The van der Waals surface area contributed by atoms with Crippen molar-refractivity contribution < 1.29 is 19.1 Å². The number of nitrogens with zero attached hydrogens (tertiary/aromatic N) is 4. The fourth-order valence-electron chi connectivity index (χ4n) is 5.76. The second kappa shape index (κ2) is 12.8. The van der Waals surface area contributed by atoms with Gasteiger partial charge in [-0.2, -0.15) is 0 Å². The summed E-state index contributed by atoms with van der Waals surface area (Å²) < 4.78 is 11.9. The molecule has 0 spiro atoms. The van der Waals surface area contributed by atoms with E-state index in [1.165, 1.54) is 0 Å². The Kier molecular flexibility index (Phi) is 9.04. The van der Waals surface area contributed by atoms with Crippen molar-refractivity contribution in [3.05, 3.63) is 59.2 Å². The monoisotopic (exact) mass is 534 g/mol. The maximum atomic E-state index is 13.4. The van der Waals surface area contributed by atoms with Gasteiger partial charge in [0.15, 0.2) is 0 Å². The van der Waals surface area contributed by atoms with E-state index in [1.807, 2.05) is 30.1 Å². The van der Waals surface area contributed by atoms with Crippen LogP contribution in [0.2, 0.25) is 0 Å². The Hall–Kier alpha value is -3.10. The third-order valence-electron chi connectivity index (χ3n) is 8.31. The molecule has 3 aliphatic rings. The number of likely N-dealkylation sites (N-methyl/N-ethyl adjacent to an activating group) is 1. The predicted molar refractivity (Wildman–Crippen MR) is 153 cm³/mol. The highest BCUT2D eigenvalue weighted by Gasteiger charge is 2.24. The minimum Gasteiger partial charge on any atom is -0.491 e. The molecular formula is C31H42N4O4. The van der Waals surface area contributed by atoms with Crippen molar-refractivity contribution in [2.45, 2.75) is 25.7 Å². The number of benzene rings is 2. The average Bonchev–Trinajstić information content (AvgIpc) is 2.96. The zero-order valence-electron chi connectivity index (χ0n) is 23.4. The summed E-state index contributed by atoms with van der Waals surface area (Å²) >= 11 is 0. The van der Waals surface area contributed by atoms with E-state index in [4.69, 9.17) is 9.47 Å². The van der Waals surface area contributed by atoms with E-state index in [0.717, 1.165) is 74.8 Å². The fraction of sp³-hybridized carbons (Fsp3) is 0.548. The molecule has 8 nitrogen and oxygen atoms in total. The first kappa shape index (κ1) is 27.5. The molecule has 0 atom stereocenters. The van der Waals surface area contributed by atoms with Crippen LogP contribution >= 0.6 is 0 Å². The summed E-state index contributed by atoms with van der Waals surface area (Å²) in [6.45, 7) is 7.18. The first-order chi connectivity index (χ1) is 19.0. The second-order valence-electron chi connectivity index (χ2n) is 11.2. The van der Waals surface area contributed by atoms with Crippen molar-refractivity contribution in [2.75, 3.05) is 84.6 Å². The molecule has 2 fully saturated rings. The summed E-state index contributed by atoms with van der Waals surface area (Å²) in [5.41, 5.74) is 3.98. The number of anilines is 1. The molecule has 3 heterocycles. The van der Waals surface area contributed by atoms with E-state index in [-0.39, 0.29) is 11.8 Å². The second-order valence-corrected chi connectivity index (χ2v) is 11.2. The number of fused-ring (bicyclic) bond motifs is 3. The number of rotatable bonds is 3. The zero-order valence-corrected chi connectivity index (χ0v) is 23.4. The molecule has 8 heteroatoms. The molecule has 39 heavy (non-hydrogen) atoms. The number of hydrogen-bond donors (Lipinski definition) is 0. The van der Waals surface area contributed by atoms with Crippen LogP contribution in [0.25, 0.3) is 0 Å². The molecule has 0 aromatic heterocycles. The third kappa shape index (κ3) is 7.11. The molecule has 0 aliphatic carbocycles. The van der Waals surface area contributed by atoms with Crippen LogP contribution < -0.4 is 9.64 Å². The van der Waals surface area contributed by atoms with Crippen LogP contribution in [0.4, 0.5) is 5.69 Å². The summed E-state index contributed by atoms with van der Waals surface area (Å²) in [7, 11) is 3.96. The van der Waals surface area contributed by atoms with Crippen LogP contribution in [0.15, 0.2) is 42.5 Å². The first-order valence-electron chi connectivity index (χ1n) is 14.4. The quantitative estimate of drug-likeness (QED) is 0.603. The number of amides is 2. The van der Waals surface area contributed by atoms with Crippen LogP contribution in [-0.2, 0) is 16.0 Å². The van der Waals surface area contributed by atoms with Crippen molar-refractivity contribution in [1.82, 2.24) is 14.7 Å². The van der Waals surface area contributed by atoms with Gasteiger partial charge in [-0.25, -0.2) is 0 Å². The van der Waals surface area contributed by atoms with E-state index < -0.39 is 0 Å². The topological polar surface area (TPSA) is 65.6 Å². The number of carbonyl (C=O) groups is 2. The summed E-state index contributed by atoms with van der Waals surface area (Å²) in [6, 6.07) is 14.3. The average molecular weight is 535 g/mol. The molecule has 5 rings (SSSR count). The van der Waals surface area contributed by atoms with Crippen LogP contribution in [0.5, 0.6) is 5.75 Å². The smallest absolute Gasteiger partial charge is 0.253 e. The number of ether oxygens (including phenoxy) is 2. The Balaban J connectivity index is 1.38. The highest BCUT2D eigenvalue weighted by atomic mass is 16.5. The molecule has 2 bridgehead atoms. The van der Waals surface area contributed by atoms with Crippen molar-refractivity contribution in [3.8, 4) is 5.75 Å². The van der Waals surface area contributed by atoms with Crippen LogP contribution in [0.3, 0.4) is 0 Å². The maximum absolute atomic E-state index is 13.4. The Morgan fingerprint density at radius 1 is 0.897 bits per heavy atom. The normalized spacial score (nSPS) is 20.3. The summed E-state index contributed by atoms with van der Waals surface area (Å²) in [6.07, 6.45) is 3.34. The van der Waals surface area contributed by atoms with Crippen molar-refractivity contribution >= 4 is 17.5 Å². The van der Waals surface area contributed by atoms with E-state index in [2.05, 4.69) is 41.1 Å². The van der Waals surface area contributed by atoms with Crippen molar-refractivity contribution in [1.29, 1.82) is 0 Å². The summed E-state index contributed by atoms with van der Waals surface area (Å²) in [4.78, 5) is 35.0. The number of likely N-dealkylation sites (tertiary alicyclic amines) is 1. The Morgan fingerprint density at radius 2 is 1.69 bits per heavy atom. The molecule has 2 saturated heterocycles. The standard InChI is InChI=1S/C31H42N4O4/c1-32-10-8-24(9-11-32)22-30(36)35-13-12-33(2)31(37)26-5-3-4-25(20-26)21-27-23-28(34-14-17-38-18-15-34)6-7-29(27)39-19-16-35/h3-7,20,23-24H,8-19,21-22H2,1-2H3. The molecule has 0 unspecified atom stereocenters. The molecule has 210 valence electrons. The highest BCUT2D eigenvalue weighted by Crippen LogP contribution is 2.29. The van der Waals surface area contributed by atoms with E-state index >= 15 is 0 Å². The van der Waals surface area contributed by atoms with E-state index in [0.29, 0.717) is 50.6 Å². The summed E-state index contributed by atoms with van der Waals surface area (Å²) in [5, 5.41) is 0.